The predicted molar refractivity (Wildman–Crippen MR) is 125 cm³/mol. The number of benzene rings is 2. The lowest BCUT2D eigenvalue weighted by Crippen LogP contribution is -2.45. The van der Waals surface area contributed by atoms with Gasteiger partial charge in [0.05, 0.1) is 33.8 Å². The Morgan fingerprint density at radius 2 is 1.85 bits per heavy atom. The maximum atomic E-state index is 15.4. The van der Waals surface area contributed by atoms with E-state index in [2.05, 4.69) is 11.1 Å². The maximum Gasteiger partial charge on any atom is 0.300 e. The fourth-order valence-electron chi connectivity index (χ4n) is 4.67. The standard InChI is InChI=1S/C24H19Cl2F2N5O/c25-19-5-4-17(9-20(19)26)12-32-6-7-33-21-18(22(34)30-23(32)33)13-31(14-24(21,27)28)11-16-3-1-2-15(8-16)10-29/h1-5,8-9H,6-7,11-14H2. The van der Waals surface area contributed by atoms with Gasteiger partial charge in [-0.3, -0.25) is 9.69 Å². The summed E-state index contributed by atoms with van der Waals surface area (Å²) in [5, 5.41) is 9.93. The number of aromatic nitrogens is 2. The van der Waals surface area contributed by atoms with Crippen LogP contribution in [-0.2, 0) is 32.1 Å². The van der Waals surface area contributed by atoms with Crippen molar-refractivity contribution < 1.29 is 8.78 Å². The molecule has 0 spiro atoms. The average Bonchev–Trinajstić information content (AvgIpc) is 3.17. The molecule has 0 radical (unpaired) electrons. The highest BCUT2D eigenvalue weighted by molar-refractivity contribution is 6.42. The number of fused-ring (bicyclic) bond motifs is 3. The van der Waals surface area contributed by atoms with Gasteiger partial charge in [-0.05, 0) is 35.4 Å². The van der Waals surface area contributed by atoms with Crippen LogP contribution in [0.1, 0.15) is 27.9 Å². The van der Waals surface area contributed by atoms with E-state index in [1.165, 1.54) is 9.47 Å². The van der Waals surface area contributed by atoms with Crippen molar-refractivity contribution in [1.82, 2.24) is 14.5 Å². The van der Waals surface area contributed by atoms with Crippen LogP contribution in [0.4, 0.5) is 14.7 Å². The van der Waals surface area contributed by atoms with Crippen molar-refractivity contribution in [2.24, 2.45) is 0 Å². The molecular weight excluding hydrogens is 483 g/mol. The third-order valence-corrected chi connectivity index (χ3v) is 6.84. The molecule has 3 heterocycles. The van der Waals surface area contributed by atoms with E-state index >= 15 is 8.78 Å². The van der Waals surface area contributed by atoms with Crippen LogP contribution >= 0.6 is 23.2 Å². The van der Waals surface area contributed by atoms with Gasteiger partial charge in [0, 0.05) is 32.7 Å². The molecule has 0 fully saturated rings. The summed E-state index contributed by atoms with van der Waals surface area (Å²) in [5.74, 6) is -2.98. The molecule has 0 N–H and O–H groups in total. The summed E-state index contributed by atoms with van der Waals surface area (Å²) in [4.78, 5) is 20.4. The zero-order valence-electron chi connectivity index (χ0n) is 17.9. The molecule has 0 saturated heterocycles. The zero-order valence-corrected chi connectivity index (χ0v) is 19.5. The van der Waals surface area contributed by atoms with Crippen LogP contribution in [0.3, 0.4) is 0 Å². The summed E-state index contributed by atoms with van der Waals surface area (Å²) in [6.45, 7) is 0.882. The number of nitrogens with zero attached hydrogens (tertiary/aromatic N) is 5. The van der Waals surface area contributed by atoms with Crippen molar-refractivity contribution in [2.45, 2.75) is 32.1 Å². The molecule has 10 heteroatoms. The van der Waals surface area contributed by atoms with E-state index in [4.69, 9.17) is 28.5 Å². The first kappa shape index (κ1) is 22.8. The first-order valence-corrected chi connectivity index (χ1v) is 11.4. The van der Waals surface area contributed by atoms with Gasteiger partial charge in [-0.1, -0.05) is 41.4 Å². The fourth-order valence-corrected chi connectivity index (χ4v) is 4.99. The van der Waals surface area contributed by atoms with Gasteiger partial charge in [0.25, 0.3) is 5.56 Å². The minimum Gasteiger partial charge on any atom is -0.336 e. The summed E-state index contributed by atoms with van der Waals surface area (Å²) in [5.41, 5.74) is 1.17. The summed E-state index contributed by atoms with van der Waals surface area (Å²) < 4.78 is 32.4. The second-order valence-corrected chi connectivity index (χ2v) is 9.34. The SMILES string of the molecule is N#Cc1cccc(CN2Cc3c(n4c(nc3=O)N(Cc3ccc(Cl)c(Cl)c3)CC4)C(F)(F)C2)c1. The van der Waals surface area contributed by atoms with Crippen molar-refractivity contribution in [3.05, 3.63) is 90.8 Å². The van der Waals surface area contributed by atoms with Gasteiger partial charge in [-0.2, -0.15) is 19.0 Å². The topological polar surface area (TPSA) is 65.2 Å². The predicted octanol–water partition coefficient (Wildman–Crippen LogP) is 4.55. The molecule has 3 aromatic rings. The number of hydrogen-bond donors (Lipinski definition) is 0. The van der Waals surface area contributed by atoms with E-state index in [-0.39, 0.29) is 30.3 Å². The molecule has 0 unspecified atom stereocenters. The lowest BCUT2D eigenvalue weighted by Gasteiger charge is -2.35. The van der Waals surface area contributed by atoms with Gasteiger partial charge in [0.2, 0.25) is 5.95 Å². The highest BCUT2D eigenvalue weighted by atomic mass is 35.5. The third-order valence-electron chi connectivity index (χ3n) is 6.10. The summed E-state index contributed by atoms with van der Waals surface area (Å²) in [6.07, 6.45) is 0. The highest BCUT2D eigenvalue weighted by Gasteiger charge is 2.46. The Hall–Kier alpha value is -2.99. The van der Waals surface area contributed by atoms with E-state index < -0.39 is 18.0 Å². The van der Waals surface area contributed by atoms with Gasteiger partial charge in [0.15, 0.2) is 0 Å². The molecule has 2 aliphatic heterocycles. The zero-order chi connectivity index (χ0) is 24.0. The lowest BCUT2D eigenvalue weighted by molar-refractivity contribution is -0.0621. The van der Waals surface area contributed by atoms with E-state index in [0.717, 1.165) is 11.1 Å². The van der Waals surface area contributed by atoms with Crippen LogP contribution in [0.2, 0.25) is 10.0 Å². The summed E-state index contributed by atoms with van der Waals surface area (Å²) >= 11 is 12.1. The quantitative estimate of drug-likeness (QED) is 0.524. The average molecular weight is 502 g/mol. The van der Waals surface area contributed by atoms with E-state index in [1.807, 2.05) is 0 Å². The number of alkyl halides is 2. The van der Waals surface area contributed by atoms with E-state index in [9.17, 15) is 4.79 Å². The molecule has 6 nitrogen and oxygen atoms in total. The molecule has 0 atom stereocenters. The normalized spacial score (nSPS) is 16.7. The Morgan fingerprint density at radius 3 is 2.62 bits per heavy atom. The van der Waals surface area contributed by atoms with Crippen LogP contribution in [-0.4, -0.2) is 27.5 Å². The Labute approximate surface area is 204 Å². The Kier molecular flexibility index (Phi) is 5.80. The van der Waals surface area contributed by atoms with Crippen LogP contribution < -0.4 is 10.5 Å². The first-order valence-electron chi connectivity index (χ1n) is 10.7. The van der Waals surface area contributed by atoms with Gasteiger partial charge in [0.1, 0.15) is 5.69 Å². The van der Waals surface area contributed by atoms with Crippen LogP contribution in [0.5, 0.6) is 0 Å². The molecular formula is C24H19Cl2F2N5O. The molecule has 0 saturated carbocycles. The van der Waals surface area contributed by atoms with Gasteiger partial charge in [-0.25, -0.2) is 0 Å². The molecule has 0 bridgehead atoms. The van der Waals surface area contributed by atoms with Crippen molar-refractivity contribution in [3.63, 3.8) is 0 Å². The number of rotatable bonds is 4. The fraction of sp³-hybridized carbons (Fsp3) is 0.292. The lowest BCUT2D eigenvalue weighted by atomic mass is 10.0. The second kappa shape index (κ2) is 8.66. The second-order valence-electron chi connectivity index (χ2n) is 8.53. The molecule has 0 amide bonds. The van der Waals surface area contributed by atoms with Crippen LogP contribution in [0, 0.1) is 11.3 Å². The molecule has 174 valence electrons. The van der Waals surface area contributed by atoms with Gasteiger partial charge < -0.3 is 9.47 Å². The maximum absolute atomic E-state index is 15.4. The minimum atomic E-state index is -3.23. The molecule has 0 aliphatic carbocycles. The smallest absolute Gasteiger partial charge is 0.300 e. The van der Waals surface area contributed by atoms with Crippen molar-refractivity contribution in [3.8, 4) is 6.07 Å². The molecule has 1 aromatic heterocycles. The van der Waals surface area contributed by atoms with E-state index in [1.54, 1.807) is 47.4 Å². The number of anilines is 1. The number of hydrogen-bond acceptors (Lipinski definition) is 5. The molecule has 2 aromatic carbocycles. The monoisotopic (exact) mass is 501 g/mol. The summed E-state index contributed by atoms with van der Waals surface area (Å²) in [6, 6.07) is 14.1. The number of nitriles is 1. The summed E-state index contributed by atoms with van der Waals surface area (Å²) in [7, 11) is 0. The van der Waals surface area contributed by atoms with Crippen molar-refractivity contribution in [2.75, 3.05) is 18.0 Å². The Bertz CT molecular complexity index is 1380. The number of halogens is 4. The van der Waals surface area contributed by atoms with Crippen molar-refractivity contribution >= 4 is 29.2 Å². The highest BCUT2D eigenvalue weighted by Crippen LogP contribution is 2.39. The Morgan fingerprint density at radius 1 is 1.06 bits per heavy atom. The van der Waals surface area contributed by atoms with Crippen LogP contribution in [0.25, 0.3) is 0 Å². The minimum absolute atomic E-state index is 0.0211. The molecule has 5 rings (SSSR count). The first-order chi connectivity index (χ1) is 16.2. The van der Waals surface area contributed by atoms with Gasteiger partial charge >= 0.3 is 5.92 Å². The molecule has 2 aliphatic rings. The third kappa shape index (κ3) is 4.16. The Balaban J connectivity index is 1.45. The largest absolute Gasteiger partial charge is 0.336 e. The van der Waals surface area contributed by atoms with Crippen molar-refractivity contribution in [1.29, 1.82) is 5.26 Å². The molecule has 34 heavy (non-hydrogen) atoms. The van der Waals surface area contributed by atoms with Crippen LogP contribution in [0.15, 0.2) is 47.3 Å². The van der Waals surface area contributed by atoms with Gasteiger partial charge in [-0.15, -0.1) is 0 Å². The van der Waals surface area contributed by atoms with E-state index in [0.29, 0.717) is 35.2 Å².